The van der Waals surface area contributed by atoms with Crippen LogP contribution in [0.1, 0.15) is 43.7 Å². The highest BCUT2D eigenvalue weighted by Crippen LogP contribution is 2.37. The smallest absolute Gasteiger partial charge is 0.225 e. The zero-order valence-electron chi connectivity index (χ0n) is 11.2. The maximum Gasteiger partial charge on any atom is 0.225 e. The minimum absolute atomic E-state index is 0.0150. The van der Waals surface area contributed by atoms with Gasteiger partial charge >= 0.3 is 0 Å². The normalized spacial score (nSPS) is 29.4. The van der Waals surface area contributed by atoms with Crippen LogP contribution in [-0.4, -0.2) is 11.9 Å². The molecule has 3 heteroatoms. The van der Waals surface area contributed by atoms with E-state index in [1.807, 2.05) is 18.2 Å². The van der Waals surface area contributed by atoms with Crippen molar-refractivity contribution in [2.75, 3.05) is 0 Å². The van der Waals surface area contributed by atoms with Crippen molar-refractivity contribution in [1.82, 2.24) is 5.32 Å². The van der Waals surface area contributed by atoms with E-state index in [-0.39, 0.29) is 23.9 Å². The molecule has 0 bridgehead atoms. The van der Waals surface area contributed by atoms with Crippen LogP contribution in [0.4, 0.5) is 0 Å². The lowest BCUT2D eigenvalue weighted by molar-refractivity contribution is -0.126. The number of carbonyl (C=O) groups excluding carboxylic acids is 1. The summed E-state index contributed by atoms with van der Waals surface area (Å²) in [4.78, 5) is 12.4. The van der Waals surface area contributed by atoms with Crippen LogP contribution in [0.2, 0.25) is 0 Å². The minimum Gasteiger partial charge on any atom is -0.349 e. The third kappa shape index (κ3) is 2.81. The summed E-state index contributed by atoms with van der Waals surface area (Å²) in [7, 11) is 0. The number of amides is 1. The van der Waals surface area contributed by atoms with Crippen molar-refractivity contribution in [3.8, 4) is 0 Å². The fourth-order valence-corrected chi connectivity index (χ4v) is 3.14. The molecule has 1 aliphatic carbocycles. The van der Waals surface area contributed by atoms with E-state index in [0.717, 1.165) is 19.3 Å². The molecule has 3 N–H and O–H groups in total. The second kappa shape index (κ2) is 5.33. The molecule has 19 heavy (non-hydrogen) atoms. The van der Waals surface area contributed by atoms with Crippen molar-refractivity contribution in [3.63, 3.8) is 0 Å². The molecule has 1 aromatic carbocycles. The summed E-state index contributed by atoms with van der Waals surface area (Å²) in [6.45, 7) is 0. The van der Waals surface area contributed by atoms with Crippen LogP contribution in [0.15, 0.2) is 30.3 Å². The summed E-state index contributed by atoms with van der Waals surface area (Å²) in [5.41, 5.74) is 7.44. The molecule has 102 valence electrons. The second-order valence-electron chi connectivity index (χ2n) is 5.92. The van der Waals surface area contributed by atoms with Crippen molar-refractivity contribution in [2.24, 2.45) is 17.6 Å². The number of nitrogens with two attached hydrogens (primary N) is 1. The Morgan fingerprint density at radius 1 is 1.11 bits per heavy atom. The van der Waals surface area contributed by atoms with E-state index in [1.54, 1.807) is 0 Å². The average molecular weight is 258 g/mol. The first-order chi connectivity index (χ1) is 9.25. The van der Waals surface area contributed by atoms with Gasteiger partial charge in [0.25, 0.3) is 0 Å². The van der Waals surface area contributed by atoms with E-state index < -0.39 is 0 Å². The highest BCUT2D eigenvalue weighted by Gasteiger charge is 2.38. The van der Waals surface area contributed by atoms with Gasteiger partial charge in [0.05, 0.1) is 12.0 Å². The number of rotatable bonds is 3. The number of nitrogens with one attached hydrogen (secondary N) is 1. The van der Waals surface area contributed by atoms with E-state index in [9.17, 15) is 4.79 Å². The number of hydrogen-bond donors (Lipinski definition) is 2. The van der Waals surface area contributed by atoms with E-state index in [1.165, 1.54) is 18.4 Å². The molecule has 1 saturated heterocycles. The largest absolute Gasteiger partial charge is 0.349 e. The Hall–Kier alpha value is -1.35. The number of hydrogen-bond acceptors (Lipinski definition) is 2. The molecule has 0 spiro atoms. The highest BCUT2D eigenvalue weighted by molar-refractivity contribution is 5.80. The summed E-state index contributed by atoms with van der Waals surface area (Å²) in [6.07, 6.45) is 5.43. The molecule has 1 amide bonds. The van der Waals surface area contributed by atoms with Gasteiger partial charge in [-0.15, -0.1) is 0 Å². The van der Waals surface area contributed by atoms with Crippen LogP contribution in [0, 0.1) is 11.8 Å². The predicted octanol–water partition coefficient (Wildman–Crippen LogP) is 2.38. The third-order valence-electron chi connectivity index (χ3n) is 4.49. The Balaban J connectivity index is 1.70. The van der Waals surface area contributed by atoms with E-state index in [0.29, 0.717) is 5.92 Å². The molecular formula is C16H22N2O. The van der Waals surface area contributed by atoms with Crippen molar-refractivity contribution in [2.45, 2.75) is 44.2 Å². The fourth-order valence-electron chi connectivity index (χ4n) is 3.14. The van der Waals surface area contributed by atoms with Gasteiger partial charge in [0.2, 0.25) is 5.91 Å². The van der Waals surface area contributed by atoms with Crippen LogP contribution in [0.5, 0.6) is 0 Å². The van der Waals surface area contributed by atoms with Crippen LogP contribution in [0.3, 0.4) is 0 Å². The van der Waals surface area contributed by atoms with Crippen LogP contribution in [-0.2, 0) is 4.79 Å². The van der Waals surface area contributed by atoms with Gasteiger partial charge < -0.3 is 11.1 Å². The first-order valence-electron chi connectivity index (χ1n) is 7.36. The lowest BCUT2D eigenvalue weighted by atomic mass is 9.91. The van der Waals surface area contributed by atoms with Gasteiger partial charge in [0.15, 0.2) is 0 Å². The second-order valence-corrected chi connectivity index (χ2v) is 5.92. The van der Waals surface area contributed by atoms with Crippen LogP contribution < -0.4 is 11.1 Å². The Labute approximate surface area is 114 Å². The van der Waals surface area contributed by atoms with Gasteiger partial charge in [-0.2, -0.15) is 0 Å². The van der Waals surface area contributed by atoms with E-state index in [4.69, 9.17) is 5.73 Å². The van der Waals surface area contributed by atoms with Gasteiger partial charge in [-0.25, -0.2) is 0 Å². The van der Waals surface area contributed by atoms with Gasteiger partial charge in [-0.1, -0.05) is 36.8 Å². The quantitative estimate of drug-likeness (QED) is 0.874. The molecule has 1 aromatic rings. The monoisotopic (exact) mass is 258 g/mol. The number of carbonyl (C=O) groups is 1. The maximum absolute atomic E-state index is 12.4. The molecule has 1 unspecified atom stereocenters. The Kier molecular flexibility index (Phi) is 3.56. The van der Waals surface area contributed by atoms with Crippen molar-refractivity contribution in [3.05, 3.63) is 35.9 Å². The van der Waals surface area contributed by atoms with Gasteiger partial charge in [0, 0.05) is 6.04 Å². The molecule has 3 atom stereocenters. The van der Waals surface area contributed by atoms with E-state index >= 15 is 0 Å². The maximum atomic E-state index is 12.4. The molecule has 0 aromatic heterocycles. The zero-order chi connectivity index (χ0) is 13.2. The lowest BCUT2D eigenvalue weighted by Gasteiger charge is -2.22. The van der Waals surface area contributed by atoms with Gasteiger partial charge in [-0.05, 0) is 37.2 Å². The van der Waals surface area contributed by atoms with Crippen molar-refractivity contribution in [1.29, 1.82) is 0 Å². The topological polar surface area (TPSA) is 55.1 Å². The molecule has 2 aliphatic rings. The molecule has 1 aliphatic heterocycles. The molecule has 2 fully saturated rings. The summed E-state index contributed by atoms with van der Waals surface area (Å²) < 4.78 is 0. The van der Waals surface area contributed by atoms with E-state index in [2.05, 4.69) is 17.4 Å². The first-order valence-corrected chi connectivity index (χ1v) is 7.36. The zero-order valence-corrected chi connectivity index (χ0v) is 11.2. The Morgan fingerprint density at radius 3 is 2.53 bits per heavy atom. The standard InChI is InChI=1S/C16H22N2O/c17-15(12-9-10-12)13-7-4-8-14(18-16(13)19)11-5-2-1-3-6-11/h1-3,5-6,12-15H,4,7-10,17H2,(H,18,19)/t13-,14-,15?/m1/s1. The summed E-state index contributed by atoms with van der Waals surface area (Å²) in [5.74, 6) is 0.760. The molecule has 0 radical (unpaired) electrons. The summed E-state index contributed by atoms with van der Waals surface area (Å²) in [6, 6.07) is 10.5. The number of benzene rings is 1. The third-order valence-corrected chi connectivity index (χ3v) is 4.49. The Bertz CT molecular complexity index is 441. The molecule has 3 rings (SSSR count). The lowest BCUT2D eigenvalue weighted by Crippen LogP contribution is -2.42. The fraction of sp³-hybridized carbons (Fsp3) is 0.562. The van der Waals surface area contributed by atoms with Crippen LogP contribution in [0.25, 0.3) is 0 Å². The SMILES string of the molecule is NC(C1CC1)[C@H]1CCC[C@H](c2ccccc2)NC1=O. The highest BCUT2D eigenvalue weighted by atomic mass is 16.2. The first kappa shape index (κ1) is 12.7. The molecule has 1 saturated carbocycles. The van der Waals surface area contributed by atoms with Gasteiger partial charge in [-0.3, -0.25) is 4.79 Å². The summed E-state index contributed by atoms with van der Waals surface area (Å²) in [5, 5.41) is 3.19. The predicted molar refractivity (Wildman–Crippen MR) is 75.4 cm³/mol. The van der Waals surface area contributed by atoms with Crippen LogP contribution >= 0.6 is 0 Å². The van der Waals surface area contributed by atoms with Gasteiger partial charge in [0.1, 0.15) is 0 Å². The summed E-state index contributed by atoms with van der Waals surface area (Å²) >= 11 is 0. The van der Waals surface area contributed by atoms with Crippen molar-refractivity contribution < 1.29 is 4.79 Å². The average Bonchev–Trinajstić information content (AvgIpc) is 3.26. The van der Waals surface area contributed by atoms with Crippen molar-refractivity contribution >= 4 is 5.91 Å². The molecule has 1 heterocycles. The minimum atomic E-state index is 0.0150. The Morgan fingerprint density at radius 2 is 1.84 bits per heavy atom. The molecule has 3 nitrogen and oxygen atoms in total. The molecular weight excluding hydrogens is 236 g/mol.